The van der Waals surface area contributed by atoms with E-state index < -0.39 is 22.5 Å². The predicted octanol–water partition coefficient (Wildman–Crippen LogP) is -0.498. The lowest BCUT2D eigenvalue weighted by Crippen LogP contribution is -2.27. The lowest BCUT2D eigenvalue weighted by Gasteiger charge is -1.98. The Hall–Kier alpha value is -1.84. The monoisotopic (exact) mass is 208 g/mol. The van der Waals surface area contributed by atoms with Crippen molar-refractivity contribution in [2.75, 3.05) is 6.54 Å². The number of carbonyl (C=O) groups is 2. The first kappa shape index (κ1) is 11.2. The number of nitrogens with zero attached hydrogens (tertiary/aromatic N) is 3. The van der Waals surface area contributed by atoms with E-state index in [1.54, 1.807) is 0 Å². The van der Waals surface area contributed by atoms with Crippen molar-refractivity contribution in [3.63, 3.8) is 0 Å². The average Bonchev–Trinajstić information content (AvgIpc) is 2.33. The Kier molecular flexibility index (Phi) is 4.23. The predicted molar refractivity (Wildman–Crippen MR) is 36.2 cm³/mol. The van der Waals surface area contributed by atoms with Crippen LogP contribution in [0.25, 0.3) is 0 Å². The van der Waals surface area contributed by atoms with Crippen molar-refractivity contribution in [2.24, 2.45) is 10.3 Å². The molecule has 0 bridgehead atoms. The molecule has 9 nitrogen and oxygen atoms in total. The van der Waals surface area contributed by atoms with E-state index in [9.17, 15) is 9.59 Å². The molecule has 1 aliphatic heterocycles. The third kappa shape index (κ3) is 4.58. The lowest BCUT2D eigenvalue weighted by atomic mass is 10.6. The molecular weight excluding hydrogens is 204 g/mol. The van der Waals surface area contributed by atoms with E-state index in [4.69, 9.17) is 18.3 Å². The molecule has 13 heavy (non-hydrogen) atoms. The smallest absolute Gasteiger partial charge is 0.436 e. The van der Waals surface area contributed by atoms with Crippen LogP contribution in [0.4, 0.5) is 4.79 Å². The summed E-state index contributed by atoms with van der Waals surface area (Å²) in [6.45, 7) is -0.160. The standard InChI is InChI=1S/C3H3N3O3.HNO2S/c7-2-1-4-5-6(2)3(8)9;1-4(2)3/h1H2,(H,8,9);1H. The quantitative estimate of drug-likeness (QED) is 0.552. The summed E-state index contributed by atoms with van der Waals surface area (Å²) < 4.78 is 22.8. The largest absolute Gasteiger partial charge is 0.463 e. The zero-order chi connectivity index (χ0) is 10.4. The van der Waals surface area contributed by atoms with Gasteiger partial charge in [0, 0.05) is 0 Å². The van der Waals surface area contributed by atoms with Gasteiger partial charge in [-0.1, -0.05) is 5.22 Å². The van der Waals surface area contributed by atoms with Gasteiger partial charge >= 0.3 is 16.6 Å². The van der Waals surface area contributed by atoms with Gasteiger partial charge in [-0.2, -0.15) is 18.3 Å². The van der Waals surface area contributed by atoms with Crippen molar-refractivity contribution < 1.29 is 23.1 Å². The van der Waals surface area contributed by atoms with Crippen molar-refractivity contribution in [1.29, 1.82) is 4.78 Å². The normalized spacial score (nSPS) is 13.5. The van der Waals surface area contributed by atoms with Crippen LogP contribution in [-0.4, -0.2) is 37.1 Å². The molecule has 1 rings (SSSR count). The maximum absolute atomic E-state index is 10.4. The molecule has 0 aromatic carbocycles. The van der Waals surface area contributed by atoms with Gasteiger partial charge in [0.25, 0.3) is 5.91 Å². The van der Waals surface area contributed by atoms with Gasteiger partial charge in [-0.25, -0.2) is 4.79 Å². The summed E-state index contributed by atoms with van der Waals surface area (Å²) in [4.78, 5) is 20.3. The fraction of sp³-hybridized carbons (Fsp3) is 0.333. The van der Waals surface area contributed by atoms with Crippen LogP contribution in [0.2, 0.25) is 0 Å². The molecule has 1 aliphatic rings. The fourth-order valence-electron chi connectivity index (χ4n) is 0.417. The first-order valence-electron chi connectivity index (χ1n) is 2.69. The minimum absolute atomic E-state index is 0.160. The molecule has 0 fully saturated rings. The highest BCUT2D eigenvalue weighted by atomic mass is 32.2. The number of carboxylic acid groups (broad SMARTS) is 1. The summed E-state index contributed by atoms with van der Waals surface area (Å²) in [7, 11) is -2.61. The number of rotatable bonds is 0. The molecule has 0 unspecified atom stereocenters. The van der Waals surface area contributed by atoms with Crippen molar-refractivity contribution >= 4 is 22.5 Å². The van der Waals surface area contributed by atoms with E-state index in [2.05, 4.69) is 10.3 Å². The summed E-state index contributed by atoms with van der Waals surface area (Å²) in [6.07, 6.45) is -1.39. The molecule has 10 heteroatoms. The van der Waals surface area contributed by atoms with Crippen LogP contribution >= 0.6 is 0 Å². The summed E-state index contributed by atoms with van der Waals surface area (Å²) in [5, 5.41) is 14.7. The second-order valence-corrected chi connectivity index (χ2v) is 2.08. The second kappa shape index (κ2) is 4.92. The Morgan fingerprint density at radius 1 is 1.62 bits per heavy atom. The lowest BCUT2D eigenvalue weighted by molar-refractivity contribution is -0.125. The molecule has 1 heterocycles. The van der Waals surface area contributed by atoms with Gasteiger partial charge < -0.3 is 5.11 Å². The molecule has 72 valence electrons. The summed E-state index contributed by atoms with van der Waals surface area (Å²) in [6, 6.07) is 0. The highest BCUT2D eigenvalue weighted by Gasteiger charge is 2.24. The second-order valence-electron chi connectivity index (χ2n) is 1.61. The number of hydrogen-bond acceptors (Lipinski definition) is 7. The molecule has 0 saturated heterocycles. The van der Waals surface area contributed by atoms with Crippen LogP contribution in [0.1, 0.15) is 0 Å². The van der Waals surface area contributed by atoms with Crippen LogP contribution in [0.15, 0.2) is 10.3 Å². The Bertz CT molecular complexity index is 336. The fourth-order valence-corrected chi connectivity index (χ4v) is 0.417. The van der Waals surface area contributed by atoms with Crippen LogP contribution < -0.4 is 0 Å². The Labute approximate surface area is 73.1 Å². The van der Waals surface area contributed by atoms with Crippen molar-refractivity contribution in [3.05, 3.63) is 0 Å². The third-order valence-corrected chi connectivity index (χ3v) is 0.776. The van der Waals surface area contributed by atoms with E-state index in [0.717, 1.165) is 0 Å². The number of carbonyl (C=O) groups excluding carboxylic acids is 1. The Morgan fingerprint density at radius 3 is 2.23 bits per heavy atom. The van der Waals surface area contributed by atoms with Crippen LogP contribution in [0.5, 0.6) is 0 Å². The Morgan fingerprint density at radius 2 is 2.08 bits per heavy atom. The van der Waals surface area contributed by atoms with E-state index in [0.29, 0.717) is 5.01 Å². The molecule has 0 spiro atoms. The van der Waals surface area contributed by atoms with Gasteiger partial charge in [0.2, 0.25) is 0 Å². The molecule has 2 N–H and O–H groups in total. The number of imide groups is 1. The minimum atomic E-state index is -2.61. The van der Waals surface area contributed by atoms with Gasteiger partial charge in [0.15, 0.2) is 0 Å². The SMILES string of the molecule is N=S(=O)=O.O=C(O)N1N=NCC1=O. The topological polar surface area (TPSA) is 140 Å². The van der Waals surface area contributed by atoms with Crippen molar-refractivity contribution in [3.8, 4) is 0 Å². The van der Waals surface area contributed by atoms with Gasteiger partial charge in [0.05, 0.1) is 0 Å². The zero-order valence-corrected chi connectivity index (χ0v) is 6.85. The molecular formula is C3H4N4O5S. The molecule has 0 aromatic rings. The first-order valence-corrected chi connectivity index (χ1v) is 3.76. The maximum atomic E-state index is 10.4. The molecule has 0 atom stereocenters. The van der Waals surface area contributed by atoms with Crippen LogP contribution in [0.3, 0.4) is 0 Å². The molecule has 0 aromatic heterocycles. The van der Waals surface area contributed by atoms with E-state index in [-0.39, 0.29) is 6.54 Å². The number of amides is 2. The molecule has 0 saturated carbocycles. The van der Waals surface area contributed by atoms with Gasteiger partial charge in [0.1, 0.15) is 6.54 Å². The average molecular weight is 208 g/mol. The highest BCUT2D eigenvalue weighted by Crippen LogP contribution is 2.00. The maximum Gasteiger partial charge on any atom is 0.436 e. The summed E-state index contributed by atoms with van der Waals surface area (Å²) in [5.74, 6) is -0.609. The van der Waals surface area contributed by atoms with Crippen LogP contribution in [0, 0.1) is 4.78 Å². The van der Waals surface area contributed by atoms with E-state index in [1.807, 2.05) is 0 Å². The van der Waals surface area contributed by atoms with E-state index in [1.165, 1.54) is 0 Å². The number of hydrogen-bond donors (Lipinski definition) is 2. The Balaban J connectivity index is 0.000000310. The zero-order valence-electron chi connectivity index (χ0n) is 6.04. The van der Waals surface area contributed by atoms with Crippen molar-refractivity contribution in [2.45, 2.75) is 0 Å². The van der Waals surface area contributed by atoms with Gasteiger partial charge in [-0.15, -0.1) is 5.01 Å². The number of nitrogens with one attached hydrogen (secondary N) is 1. The molecule has 0 aliphatic carbocycles. The van der Waals surface area contributed by atoms with Crippen molar-refractivity contribution in [1.82, 2.24) is 5.01 Å². The third-order valence-electron chi connectivity index (χ3n) is 0.776. The highest BCUT2D eigenvalue weighted by molar-refractivity contribution is 7.60. The van der Waals surface area contributed by atoms with Gasteiger partial charge in [-0.05, 0) is 0 Å². The molecule has 0 radical (unpaired) electrons. The molecule has 2 amide bonds. The van der Waals surface area contributed by atoms with Crippen LogP contribution in [-0.2, 0) is 15.3 Å². The van der Waals surface area contributed by atoms with E-state index >= 15 is 0 Å². The summed E-state index contributed by atoms with van der Waals surface area (Å²) >= 11 is 0. The van der Waals surface area contributed by atoms with Gasteiger partial charge in [-0.3, -0.25) is 4.79 Å². The first-order chi connectivity index (χ1) is 5.95. The minimum Gasteiger partial charge on any atom is -0.463 e. The summed E-state index contributed by atoms with van der Waals surface area (Å²) in [5.41, 5.74) is 0.